The maximum atomic E-state index is 9.22. The van der Waals surface area contributed by atoms with Gasteiger partial charge in [-0.05, 0) is 24.3 Å². The number of phenolic OH excluding ortho intramolecular Hbond substituents is 1. The summed E-state index contributed by atoms with van der Waals surface area (Å²) in [5, 5.41) is 13.9. The first kappa shape index (κ1) is 11.0. The van der Waals surface area contributed by atoms with Crippen molar-refractivity contribution < 1.29 is 5.11 Å². The molecular weight excluding hydrogens is 226 g/mol. The molecule has 3 N–H and O–H groups in total. The van der Waals surface area contributed by atoms with Crippen LogP contribution in [-0.4, -0.2) is 21.4 Å². The Labute approximate surface area is 98.3 Å². The fourth-order valence-corrected chi connectivity index (χ4v) is 1.81. The summed E-state index contributed by atoms with van der Waals surface area (Å²) < 4.78 is 1.76. The topological polar surface area (TPSA) is 64.1 Å². The van der Waals surface area contributed by atoms with Crippen LogP contribution in [-0.2, 0) is 6.54 Å². The number of rotatable bonds is 3. The van der Waals surface area contributed by atoms with Crippen molar-refractivity contribution in [3.8, 4) is 17.0 Å². The molecule has 0 unspecified atom stereocenters. The van der Waals surface area contributed by atoms with E-state index in [1.807, 2.05) is 0 Å². The SMILES string of the molecule is NCCn1ncc(Cl)c1-c1ccc(O)cc1. The van der Waals surface area contributed by atoms with Crippen LogP contribution in [0.15, 0.2) is 30.5 Å². The van der Waals surface area contributed by atoms with Gasteiger partial charge in [0.15, 0.2) is 0 Å². The van der Waals surface area contributed by atoms with Crippen LogP contribution >= 0.6 is 11.6 Å². The molecule has 16 heavy (non-hydrogen) atoms. The summed E-state index contributed by atoms with van der Waals surface area (Å²) in [5.74, 6) is 0.227. The number of hydrogen-bond donors (Lipinski definition) is 2. The van der Waals surface area contributed by atoms with Gasteiger partial charge in [0.05, 0.1) is 23.5 Å². The van der Waals surface area contributed by atoms with Gasteiger partial charge >= 0.3 is 0 Å². The Morgan fingerprint density at radius 3 is 2.62 bits per heavy atom. The lowest BCUT2D eigenvalue weighted by molar-refractivity contribution is 0.475. The molecule has 84 valence electrons. The van der Waals surface area contributed by atoms with Gasteiger partial charge in [0.1, 0.15) is 5.75 Å². The minimum absolute atomic E-state index is 0.227. The zero-order chi connectivity index (χ0) is 11.5. The standard InChI is InChI=1S/C11H12ClN3O/c12-10-7-14-15(6-5-13)11(10)8-1-3-9(16)4-2-8/h1-4,7,16H,5-6,13H2. The summed E-state index contributed by atoms with van der Waals surface area (Å²) in [6, 6.07) is 6.83. The molecule has 2 rings (SSSR count). The lowest BCUT2D eigenvalue weighted by Crippen LogP contribution is -2.11. The zero-order valence-corrected chi connectivity index (χ0v) is 9.35. The van der Waals surface area contributed by atoms with Gasteiger partial charge in [-0.25, -0.2) is 0 Å². The highest BCUT2D eigenvalue weighted by Crippen LogP contribution is 2.28. The van der Waals surface area contributed by atoms with E-state index < -0.39 is 0 Å². The maximum Gasteiger partial charge on any atom is 0.115 e. The van der Waals surface area contributed by atoms with E-state index in [1.165, 1.54) is 0 Å². The highest BCUT2D eigenvalue weighted by atomic mass is 35.5. The van der Waals surface area contributed by atoms with E-state index in [0.29, 0.717) is 18.1 Å². The Morgan fingerprint density at radius 2 is 2.00 bits per heavy atom. The minimum Gasteiger partial charge on any atom is -0.508 e. The Balaban J connectivity index is 2.45. The Hall–Kier alpha value is -1.52. The second-order valence-electron chi connectivity index (χ2n) is 3.40. The molecule has 0 saturated heterocycles. The highest BCUT2D eigenvalue weighted by molar-refractivity contribution is 6.33. The molecule has 4 nitrogen and oxygen atoms in total. The Bertz CT molecular complexity index is 478. The molecule has 1 heterocycles. The molecule has 5 heteroatoms. The number of benzene rings is 1. The molecule has 0 aliphatic rings. The van der Waals surface area contributed by atoms with Crippen LogP contribution in [0.4, 0.5) is 0 Å². The van der Waals surface area contributed by atoms with Gasteiger partial charge in [-0.2, -0.15) is 5.10 Å². The number of halogens is 1. The summed E-state index contributed by atoms with van der Waals surface area (Å²) in [5.41, 5.74) is 7.23. The van der Waals surface area contributed by atoms with Crippen molar-refractivity contribution in [2.24, 2.45) is 5.73 Å². The van der Waals surface area contributed by atoms with E-state index in [-0.39, 0.29) is 5.75 Å². The van der Waals surface area contributed by atoms with Gasteiger partial charge in [0.2, 0.25) is 0 Å². The van der Waals surface area contributed by atoms with E-state index in [9.17, 15) is 5.11 Å². The molecule has 2 aromatic rings. The molecule has 0 atom stereocenters. The minimum atomic E-state index is 0.227. The first-order valence-corrected chi connectivity index (χ1v) is 5.31. The van der Waals surface area contributed by atoms with E-state index >= 15 is 0 Å². The van der Waals surface area contributed by atoms with E-state index in [0.717, 1.165) is 11.3 Å². The number of aromatic hydroxyl groups is 1. The number of nitrogens with two attached hydrogens (primary N) is 1. The quantitative estimate of drug-likeness (QED) is 0.857. The average molecular weight is 238 g/mol. The van der Waals surface area contributed by atoms with E-state index in [2.05, 4.69) is 5.10 Å². The van der Waals surface area contributed by atoms with Crippen molar-refractivity contribution in [3.63, 3.8) is 0 Å². The number of nitrogens with zero attached hydrogens (tertiary/aromatic N) is 2. The predicted octanol–water partition coefficient (Wildman–Crippen LogP) is 1.87. The average Bonchev–Trinajstić information content (AvgIpc) is 2.62. The van der Waals surface area contributed by atoms with E-state index in [1.54, 1.807) is 35.1 Å². The number of phenols is 1. The first-order chi connectivity index (χ1) is 7.72. The summed E-state index contributed by atoms with van der Waals surface area (Å²) in [6.07, 6.45) is 1.60. The summed E-state index contributed by atoms with van der Waals surface area (Å²) in [7, 11) is 0. The van der Waals surface area contributed by atoms with Crippen molar-refractivity contribution in [1.29, 1.82) is 0 Å². The van der Waals surface area contributed by atoms with Crippen LogP contribution in [0.25, 0.3) is 11.3 Å². The molecule has 0 aliphatic carbocycles. The van der Waals surface area contributed by atoms with Gasteiger partial charge in [0.25, 0.3) is 0 Å². The van der Waals surface area contributed by atoms with Crippen molar-refractivity contribution in [2.45, 2.75) is 6.54 Å². The van der Waals surface area contributed by atoms with Gasteiger partial charge in [-0.15, -0.1) is 0 Å². The van der Waals surface area contributed by atoms with Crippen LogP contribution in [0, 0.1) is 0 Å². The van der Waals surface area contributed by atoms with Crippen LogP contribution in [0.1, 0.15) is 0 Å². The van der Waals surface area contributed by atoms with Gasteiger partial charge in [-0.3, -0.25) is 4.68 Å². The monoisotopic (exact) mass is 237 g/mol. The van der Waals surface area contributed by atoms with Crippen LogP contribution < -0.4 is 5.73 Å². The molecule has 0 bridgehead atoms. The summed E-state index contributed by atoms with van der Waals surface area (Å²) in [4.78, 5) is 0. The third kappa shape index (κ3) is 2.03. The molecule has 0 fully saturated rings. The molecule has 0 aliphatic heterocycles. The maximum absolute atomic E-state index is 9.22. The predicted molar refractivity (Wildman–Crippen MR) is 63.4 cm³/mol. The Kier molecular flexibility index (Phi) is 3.12. The van der Waals surface area contributed by atoms with Crippen LogP contribution in [0.3, 0.4) is 0 Å². The lowest BCUT2D eigenvalue weighted by atomic mass is 10.1. The number of aromatic nitrogens is 2. The van der Waals surface area contributed by atoms with Crippen molar-refractivity contribution in [3.05, 3.63) is 35.5 Å². The van der Waals surface area contributed by atoms with E-state index in [4.69, 9.17) is 17.3 Å². The van der Waals surface area contributed by atoms with Crippen molar-refractivity contribution in [2.75, 3.05) is 6.54 Å². The van der Waals surface area contributed by atoms with Crippen molar-refractivity contribution >= 4 is 11.6 Å². The summed E-state index contributed by atoms with van der Waals surface area (Å²) >= 11 is 6.07. The fraction of sp³-hybridized carbons (Fsp3) is 0.182. The second kappa shape index (κ2) is 4.55. The third-order valence-corrected chi connectivity index (χ3v) is 2.55. The third-order valence-electron chi connectivity index (χ3n) is 2.28. The number of hydrogen-bond acceptors (Lipinski definition) is 3. The molecule has 0 spiro atoms. The van der Waals surface area contributed by atoms with Gasteiger partial charge in [0, 0.05) is 12.1 Å². The molecule has 1 aromatic heterocycles. The molecule has 0 saturated carbocycles. The summed E-state index contributed by atoms with van der Waals surface area (Å²) in [6.45, 7) is 1.12. The Morgan fingerprint density at radius 1 is 1.31 bits per heavy atom. The lowest BCUT2D eigenvalue weighted by Gasteiger charge is -2.06. The van der Waals surface area contributed by atoms with Crippen LogP contribution in [0.5, 0.6) is 5.75 Å². The smallest absolute Gasteiger partial charge is 0.115 e. The molecule has 1 aromatic carbocycles. The van der Waals surface area contributed by atoms with Gasteiger partial charge in [-0.1, -0.05) is 11.6 Å². The second-order valence-corrected chi connectivity index (χ2v) is 3.81. The zero-order valence-electron chi connectivity index (χ0n) is 8.60. The largest absolute Gasteiger partial charge is 0.508 e. The molecule has 0 radical (unpaired) electrons. The highest BCUT2D eigenvalue weighted by Gasteiger charge is 2.10. The normalized spacial score (nSPS) is 10.6. The molecule has 0 amide bonds. The van der Waals surface area contributed by atoms with Crippen molar-refractivity contribution in [1.82, 2.24) is 9.78 Å². The van der Waals surface area contributed by atoms with Crippen LogP contribution in [0.2, 0.25) is 5.02 Å². The van der Waals surface area contributed by atoms with Gasteiger partial charge < -0.3 is 10.8 Å². The fourth-order valence-electron chi connectivity index (χ4n) is 1.56. The first-order valence-electron chi connectivity index (χ1n) is 4.93. The molecular formula is C11H12ClN3O.